The van der Waals surface area contributed by atoms with Crippen molar-refractivity contribution in [2.45, 2.75) is 45.7 Å². The van der Waals surface area contributed by atoms with Crippen LogP contribution in [0.2, 0.25) is 0 Å². The van der Waals surface area contributed by atoms with Gasteiger partial charge in [-0.25, -0.2) is 4.79 Å². The second-order valence-corrected chi connectivity index (χ2v) is 5.18. The molecular formula is C13H23N3O. The molecule has 0 saturated carbocycles. The second-order valence-electron chi connectivity index (χ2n) is 5.18. The summed E-state index contributed by atoms with van der Waals surface area (Å²) in [5.41, 5.74) is 0.122. The van der Waals surface area contributed by atoms with E-state index in [2.05, 4.69) is 4.90 Å². The van der Waals surface area contributed by atoms with Crippen LogP contribution in [0.3, 0.4) is 0 Å². The lowest BCUT2D eigenvalue weighted by molar-refractivity contribution is 0.219. The van der Waals surface area contributed by atoms with Gasteiger partial charge in [-0.15, -0.1) is 0 Å². The maximum absolute atomic E-state index is 12.0. The van der Waals surface area contributed by atoms with Crippen molar-refractivity contribution in [3.63, 3.8) is 0 Å². The van der Waals surface area contributed by atoms with Gasteiger partial charge < -0.3 is 4.90 Å². The fourth-order valence-corrected chi connectivity index (χ4v) is 2.42. The number of nitrogens with zero attached hydrogens (tertiary/aromatic N) is 3. The van der Waals surface area contributed by atoms with Crippen LogP contribution in [-0.2, 0) is 6.54 Å². The number of imidazole rings is 1. The lowest BCUT2D eigenvalue weighted by Gasteiger charge is -2.26. The highest BCUT2D eigenvalue weighted by atomic mass is 16.1. The number of rotatable bonds is 4. The first-order chi connectivity index (χ1) is 8.18. The molecule has 1 fully saturated rings. The molecule has 0 amide bonds. The fraction of sp³-hybridized carbons (Fsp3) is 0.769. The Morgan fingerprint density at radius 2 is 1.82 bits per heavy atom. The first-order valence-electron chi connectivity index (χ1n) is 6.68. The fourth-order valence-electron chi connectivity index (χ4n) is 2.42. The molecule has 0 radical (unpaired) electrons. The summed E-state index contributed by atoms with van der Waals surface area (Å²) in [4.78, 5) is 14.5. The molecule has 0 bridgehead atoms. The minimum atomic E-state index is 0.122. The van der Waals surface area contributed by atoms with Gasteiger partial charge in [0.25, 0.3) is 0 Å². The van der Waals surface area contributed by atoms with Crippen LogP contribution in [-0.4, -0.2) is 33.7 Å². The smallest absolute Gasteiger partial charge is 0.302 e. The lowest BCUT2D eigenvalue weighted by Crippen LogP contribution is -2.35. The molecule has 2 heterocycles. The molecule has 1 aromatic rings. The van der Waals surface area contributed by atoms with Crippen LogP contribution < -0.4 is 5.69 Å². The van der Waals surface area contributed by atoms with Crippen LogP contribution in [0.25, 0.3) is 0 Å². The SMILES string of the molecule is CC(C)n1ccn(CCN2CCCCC2)c1=O. The summed E-state index contributed by atoms with van der Waals surface area (Å²) in [6.07, 6.45) is 7.78. The first kappa shape index (κ1) is 12.4. The largest absolute Gasteiger partial charge is 0.328 e. The van der Waals surface area contributed by atoms with Crippen molar-refractivity contribution in [3.8, 4) is 0 Å². The highest BCUT2D eigenvalue weighted by molar-refractivity contribution is 4.84. The summed E-state index contributed by atoms with van der Waals surface area (Å²) in [5, 5.41) is 0. The third kappa shape index (κ3) is 3.00. The molecule has 1 saturated heterocycles. The minimum Gasteiger partial charge on any atom is -0.302 e. The standard InChI is InChI=1S/C13H23N3O/c1-12(2)16-11-10-15(13(16)17)9-8-14-6-4-3-5-7-14/h10-12H,3-9H2,1-2H3. The molecule has 0 spiro atoms. The van der Waals surface area contributed by atoms with E-state index in [1.807, 2.05) is 30.8 Å². The summed E-state index contributed by atoms with van der Waals surface area (Å²) in [6.45, 7) is 8.28. The van der Waals surface area contributed by atoms with Crippen LogP contribution in [0.5, 0.6) is 0 Å². The van der Waals surface area contributed by atoms with E-state index in [1.165, 1.54) is 32.4 Å². The average Bonchev–Trinajstić information content (AvgIpc) is 2.69. The average molecular weight is 237 g/mol. The minimum absolute atomic E-state index is 0.122. The van der Waals surface area contributed by atoms with Crippen molar-refractivity contribution in [1.82, 2.24) is 14.0 Å². The Labute approximate surface area is 103 Å². The van der Waals surface area contributed by atoms with Gasteiger partial charge in [-0.3, -0.25) is 9.13 Å². The maximum Gasteiger partial charge on any atom is 0.328 e. The monoisotopic (exact) mass is 237 g/mol. The summed E-state index contributed by atoms with van der Waals surface area (Å²) in [6, 6.07) is 0.249. The molecule has 0 aliphatic carbocycles. The van der Waals surface area contributed by atoms with Crippen molar-refractivity contribution in [2.75, 3.05) is 19.6 Å². The number of aromatic nitrogens is 2. The van der Waals surface area contributed by atoms with Crippen molar-refractivity contribution < 1.29 is 0 Å². The predicted molar refractivity (Wildman–Crippen MR) is 69.4 cm³/mol. The van der Waals surface area contributed by atoms with E-state index in [0.717, 1.165) is 13.1 Å². The summed E-state index contributed by atoms with van der Waals surface area (Å²) in [7, 11) is 0. The van der Waals surface area contributed by atoms with E-state index in [9.17, 15) is 4.79 Å². The Kier molecular flexibility index (Phi) is 4.05. The molecule has 1 aliphatic heterocycles. The Morgan fingerprint density at radius 1 is 1.12 bits per heavy atom. The molecule has 1 aromatic heterocycles. The number of likely N-dealkylation sites (tertiary alicyclic amines) is 1. The molecule has 4 heteroatoms. The van der Waals surface area contributed by atoms with E-state index in [4.69, 9.17) is 0 Å². The second kappa shape index (κ2) is 5.54. The highest BCUT2D eigenvalue weighted by Crippen LogP contribution is 2.08. The normalized spacial score (nSPS) is 17.8. The van der Waals surface area contributed by atoms with Gasteiger partial charge in [0, 0.05) is 31.5 Å². The van der Waals surface area contributed by atoms with Crippen LogP contribution in [0, 0.1) is 0 Å². The quantitative estimate of drug-likeness (QED) is 0.798. The maximum atomic E-state index is 12.0. The lowest BCUT2D eigenvalue weighted by atomic mass is 10.1. The zero-order valence-corrected chi connectivity index (χ0v) is 10.9. The molecular weight excluding hydrogens is 214 g/mol. The zero-order chi connectivity index (χ0) is 12.3. The Morgan fingerprint density at radius 3 is 2.41 bits per heavy atom. The molecule has 17 heavy (non-hydrogen) atoms. The third-order valence-electron chi connectivity index (χ3n) is 3.54. The van der Waals surface area contributed by atoms with Gasteiger partial charge in [0.2, 0.25) is 0 Å². The Hall–Kier alpha value is -1.03. The molecule has 0 aromatic carbocycles. The first-order valence-corrected chi connectivity index (χ1v) is 6.68. The molecule has 1 aliphatic rings. The van der Waals surface area contributed by atoms with Gasteiger partial charge in [0.05, 0.1) is 0 Å². The number of hydrogen-bond acceptors (Lipinski definition) is 2. The topological polar surface area (TPSA) is 30.2 Å². The van der Waals surface area contributed by atoms with E-state index in [0.29, 0.717) is 0 Å². The van der Waals surface area contributed by atoms with Crippen LogP contribution in [0.1, 0.15) is 39.2 Å². The van der Waals surface area contributed by atoms with E-state index in [-0.39, 0.29) is 11.7 Å². The molecule has 0 N–H and O–H groups in total. The predicted octanol–water partition coefficient (Wildman–Crippen LogP) is 1.72. The van der Waals surface area contributed by atoms with E-state index >= 15 is 0 Å². The van der Waals surface area contributed by atoms with Gasteiger partial charge >= 0.3 is 5.69 Å². The zero-order valence-electron chi connectivity index (χ0n) is 10.9. The number of hydrogen-bond donors (Lipinski definition) is 0. The Bertz CT molecular complexity index is 399. The van der Waals surface area contributed by atoms with Crippen molar-refractivity contribution in [1.29, 1.82) is 0 Å². The molecule has 2 rings (SSSR count). The van der Waals surface area contributed by atoms with Crippen molar-refractivity contribution in [2.24, 2.45) is 0 Å². The van der Waals surface area contributed by atoms with Gasteiger partial charge in [-0.1, -0.05) is 6.42 Å². The summed E-state index contributed by atoms with van der Waals surface area (Å²) < 4.78 is 3.62. The van der Waals surface area contributed by atoms with Gasteiger partial charge in [0.15, 0.2) is 0 Å². The van der Waals surface area contributed by atoms with Gasteiger partial charge in [0.1, 0.15) is 0 Å². The molecule has 4 nitrogen and oxygen atoms in total. The van der Waals surface area contributed by atoms with Crippen LogP contribution in [0.15, 0.2) is 17.2 Å². The van der Waals surface area contributed by atoms with E-state index in [1.54, 1.807) is 4.57 Å². The van der Waals surface area contributed by atoms with Gasteiger partial charge in [-0.05, 0) is 39.8 Å². The van der Waals surface area contributed by atoms with Crippen molar-refractivity contribution in [3.05, 3.63) is 22.9 Å². The summed E-state index contributed by atoms with van der Waals surface area (Å²) >= 11 is 0. The van der Waals surface area contributed by atoms with Crippen LogP contribution in [0.4, 0.5) is 0 Å². The molecule has 96 valence electrons. The highest BCUT2D eigenvalue weighted by Gasteiger charge is 2.11. The van der Waals surface area contributed by atoms with E-state index < -0.39 is 0 Å². The summed E-state index contributed by atoms with van der Waals surface area (Å²) in [5.74, 6) is 0. The van der Waals surface area contributed by atoms with Crippen LogP contribution >= 0.6 is 0 Å². The number of piperidine rings is 1. The van der Waals surface area contributed by atoms with Crippen molar-refractivity contribution >= 4 is 0 Å². The third-order valence-corrected chi connectivity index (χ3v) is 3.54. The Balaban J connectivity index is 1.92. The van der Waals surface area contributed by atoms with Gasteiger partial charge in [-0.2, -0.15) is 0 Å². The molecule has 0 unspecified atom stereocenters. The molecule has 0 atom stereocenters.